The summed E-state index contributed by atoms with van der Waals surface area (Å²) in [4.78, 5) is 22.1. The first-order chi connectivity index (χ1) is 10.0. The van der Waals surface area contributed by atoms with E-state index in [0.29, 0.717) is 32.2 Å². The van der Waals surface area contributed by atoms with Gasteiger partial charge in [-0.1, -0.05) is 25.8 Å². The predicted molar refractivity (Wildman–Crippen MR) is 82.1 cm³/mol. The molecule has 0 saturated heterocycles. The summed E-state index contributed by atoms with van der Waals surface area (Å²) >= 11 is 0. The van der Waals surface area contributed by atoms with Gasteiger partial charge >= 0.3 is 12.1 Å². The molecule has 2 atom stereocenters. The Kier molecular flexibility index (Phi) is 11.3. The molecular weight excluding hydrogens is 272 g/mol. The summed E-state index contributed by atoms with van der Waals surface area (Å²) in [6.07, 6.45) is 6.49. The highest BCUT2D eigenvalue weighted by Crippen LogP contribution is 2.09. The number of carboxylic acid groups (broad SMARTS) is 1. The van der Waals surface area contributed by atoms with Crippen molar-refractivity contribution < 1.29 is 19.4 Å². The fourth-order valence-electron chi connectivity index (χ4n) is 1.84. The quantitative estimate of drug-likeness (QED) is 0.379. The lowest BCUT2D eigenvalue weighted by atomic mass is 10.1. The third kappa shape index (κ3) is 10.8. The SMILES string of the molecule is C=CCC(CCCC)OC(=O)NCCCC[C@H](N)C(=O)O. The number of hydrogen-bond donors (Lipinski definition) is 3. The molecule has 0 aliphatic heterocycles. The summed E-state index contributed by atoms with van der Waals surface area (Å²) in [5, 5.41) is 11.3. The number of aliphatic carboxylic acids is 1. The zero-order valence-electron chi connectivity index (χ0n) is 12.8. The fraction of sp³-hybridized carbons (Fsp3) is 0.733. The van der Waals surface area contributed by atoms with Crippen LogP contribution in [-0.2, 0) is 9.53 Å². The fourth-order valence-corrected chi connectivity index (χ4v) is 1.84. The molecule has 0 aliphatic carbocycles. The van der Waals surface area contributed by atoms with Crippen LogP contribution in [0.4, 0.5) is 4.79 Å². The maximum atomic E-state index is 11.6. The van der Waals surface area contributed by atoms with Gasteiger partial charge in [0.15, 0.2) is 0 Å². The number of ether oxygens (including phenoxy) is 1. The second-order valence-electron chi connectivity index (χ2n) is 5.06. The Labute approximate surface area is 126 Å². The van der Waals surface area contributed by atoms with E-state index in [0.717, 1.165) is 19.3 Å². The van der Waals surface area contributed by atoms with E-state index in [1.807, 2.05) is 0 Å². The van der Waals surface area contributed by atoms with Gasteiger partial charge in [0.25, 0.3) is 0 Å². The van der Waals surface area contributed by atoms with E-state index in [4.69, 9.17) is 15.6 Å². The molecule has 0 bridgehead atoms. The molecule has 4 N–H and O–H groups in total. The molecule has 0 aromatic heterocycles. The van der Waals surface area contributed by atoms with Crippen LogP contribution in [-0.4, -0.2) is 35.9 Å². The molecule has 1 amide bonds. The largest absolute Gasteiger partial charge is 0.480 e. The van der Waals surface area contributed by atoms with Crippen molar-refractivity contribution in [3.05, 3.63) is 12.7 Å². The van der Waals surface area contributed by atoms with Crippen molar-refractivity contribution in [3.63, 3.8) is 0 Å². The number of unbranched alkanes of at least 4 members (excludes halogenated alkanes) is 2. The number of hydrogen-bond acceptors (Lipinski definition) is 4. The first-order valence-corrected chi connectivity index (χ1v) is 7.55. The zero-order valence-corrected chi connectivity index (χ0v) is 12.8. The van der Waals surface area contributed by atoms with E-state index >= 15 is 0 Å². The summed E-state index contributed by atoms with van der Waals surface area (Å²) in [6, 6.07) is -0.831. The molecule has 122 valence electrons. The van der Waals surface area contributed by atoms with E-state index < -0.39 is 18.1 Å². The van der Waals surface area contributed by atoms with Gasteiger partial charge in [0.2, 0.25) is 0 Å². The van der Waals surface area contributed by atoms with Crippen molar-refractivity contribution in [2.24, 2.45) is 5.73 Å². The average molecular weight is 300 g/mol. The maximum absolute atomic E-state index is 11.6. The summed E-state index contributed by atoms with van der Waals surface area (Å²) in [6.45, 7) is 6.21. The smallest absolute Gasteiger partial charge is 0.407 e. The standard InChI is InChI=1S/C15H28N2O4/c1-3-5-9-12(8-4-2)21-15(20)17-11-7-6-10-13(16)14(18)19/h4,12-13H,2-3,5-11,16H2,1H3,(H,17,20)(H,18,19)/t12?,13-/m0/s1. The molecule has 6 nitrogen and oxygen atoms in total. The van der Waals surface area contributed by atoms with Gasteiger partial charge in [-0.15, -0.1) is 6.58 Å². The first kappa shape index (κ1) is 19.4. The second-order valence-corrected chi connectivity index (χ2v) is 5.06. The normalized spacial score (nSPS) is 13.2. The van der Waals surface area contributed by atoms with Crippen molar-refractivity contribution >= 4 is 12.1 Å². The van der Waals surface area contributed by atoms with Crippen molar-refractivity contribution in [1.29, 1.82) is 0 Å². The van der Waals surface area contributed by atoms with Crippen LogP contribution in [0, 0.1) is 0 Å². The summed E-state index contributed by atoms with van der Waals surface area (Å²) in [5.41, 5.74) is 5.38. The van der Waals surface area contributed by atoms with Crippen LogP contribution in [0.1, 0.15) is 51.9 Å². The van der Waals surface area contributed by atoms with E-state index in [2.05, 4.69) is 18.8 Å². The number of carbonyl (C=O) groups is 2. The van der Waals surface area contributed by atoms with Crippen LogP contribution in [0.3, 0.4) is 0 Å². The zero-order chi connectivity index (χ0) is 16.1. The lowest BCUT2D eigenvalue weighted by Crippen LogP contribution is -2.31. The molecule has 0 spiro atoms. The average Bonchev–Trinajstić information content (AvgIpc) is 2.44. The topological polar surface area (TPSA) is 102 Å². The third-order valence-corrected chi connectivity index (χ3v) is 3.11. The van der Waals surface area contributed by atoms with Crippen molar-refractivity contribution in [2.75, 3.05) is 6.54 Å². The molecule has 1 unspecified atom stereocenters. The molecule has 0 aliphatic rings. The van der Waals surface area contributed by atoms with Crippen LogP contribution >= 0.6 is 0 Å². The number of nitrogens with two attached hydrogens (primary N) is 1. The maximum Gasteiger partial charge on any atom is 0.407 e. The summed E-state index contributed by atoms with van der Waals surface area (Å²) in [5.74, 6) is -0.995. The minimum Gasteiger partial charge on any atom is -0.480 e. The minimum absolute atomic E-state index is 0.122. The van der Waals surface area contributed by atoms with Gasteiger partial charge in [-0.2, -0.15) is 0 Å². The molecule has 0 heterocycles. The van der Waals surface area contributed by atoms with Crippen LogP contribution in [0.25, 0.3) is 0 Å². The number of nitrogens with one attached hydrogen (secondary N) is 1. The Morgan fingerprint density at radius 1 is 1.33 bits per heavy atom. The molecule has 21 heavy (non-hydrogen) atoms. The van der Waals surface area contributed by atoms with Crippen molar-refractivity contribution in [2.45, 2.75) is 64.0 Å². The Hall–Kier alpha value is -1.56. The number of alkyl carbamates (subject to hydrolysis) is 1. The van der Waals surface area contributed by atoms with Gasteiger partial charge in [-0.3, -0.25) is 4.79 Å². The van der Waals surface area contributed by atoms with Crippen LogP contribution < -0.4 is 11.1 Å². The van der Waals surface area contributed by atoms with Crippen LogP contribution in [0.5, 0.6) is 0 Å². The van der Waals surface area contributed by atoms with Gasteiger partial charge < -0.3 is 20.9 Å². The Morgan fingerprint density at radius 2 is 2.05 bits per heavy atom. The van der Waals surface area contributed by atoms with Gasteiger partial charge in [-0.25, -0.2) is 4.79 Å². The van der Waals surface area contributed by atoms with E-state index in [1.54, 1.807) is 6.08 Å². The molecule has 0 fully saturated rings. The van der Waals surface area contributed by atoms with Gasteiger partial charge in [-0.05, 0) is 25.7 Å². The molecular formula is C15H28N2O4. The Morgan fingerprint density at radius 3 is 2.62 bits per heavy atom. The first-order valence-electron chi connectivity index (χ1n) is 7.55. The minimum atomic E-state index is -0.995. The number of rotatable bonds is 12. The molecule has 0 saturated carbocycles. The van der Waals surface area contributed by atoms with Crippen molar-refractivity contribution in [1.82, 2.24) is 5.32 Å². The van der Waals surface area contributed by atoms with Crippen LogP contribution in [0.2, 0.25) is 0 Å². The molecule has 0 aromatic rings. The Balaban J connectivity index is 3.76. The van der Waals surface area contributed by atoms with Gasteiger partial charge in [0.1, 0.15) is 12.1 Å². The third-order valence-electron chi connectivity index (χ3n) is 3.11. The van der Waals surface area contributed by atoms with E-state index in [-0.39, 0.29) is 6.10 Å². The second kappa shape index (κ2) is 12.2. The van der Waals surface area contributed by atoms with Gasteiger partial charge in [0.05, 0.1) is 0 Å². The van der Waals surface area contributed by atoms with Gasteiger partial charge in [0, 0.05) is 13.0 Å². The number of carboxylic acids is 1. The Bertz CT molecular complexity index is 321. The molecule has 0 radical (unpaired) electrons. The van der Waals surface area contributed by atoms with Crippen LogP contribution in [0.15, 0.2) is 12.7 Å². The summed E-state index contributed by atoms with van der Waals surface area (Å²) in [7, 11) is 0. The van der Waals surface area contributed by atoms with E-state index in [1.165, 1.54) is 0 Å². The molecule has 0 rings (SSSR count). The highest BCUT2D eigenvalue weighted by molar-refractivity contribution is 5.72. The summed E-state index contributed by atoms with van der Waals surface area (Å²) < 4.78 is 5.32. The lowest BCUT2D eigenvalue weighted by molar-refractivity contribution is -0.138. The predicted octanol–water partition coefficient (Wildman–Crippen LogP) is 2.43. The molecule has 0 aromatic carbocycles. The monoisotopic (exact) mass is 300 g/mol. The van der Waals surface area contributed by atoms with E-state index in [9.17, 15) is 9.59 Å². The highest BCUT2D eigenvalue weighted by atomic mass is 16.6. The number of amides is 1. The number of carbonyl (C=O) groups excluding carboxylic acids is 1. The van der Waals surface area contributed by atoms with Crippen molar-refractivity contribution in [3.8, 4) is 0 Å². The highest BCUT2D eigenvalue weighted by Gasteiger charge is 2.13. The molecule has 6 heteroatoms. The lowest BCUT2D eigenvalue weighted by Gasteiger charge is -2.16.